The zero-order valence-corrected chi connectivity index (χ0v) is 22.3. The largest absolute Gasteiger partial charge is 0.495 e. The van der Waals surface area contributed by atoms with E-state index in [1.807, 2.05) is 37.3 Å². The molecule has 10 heteroatoms. The summed E-state index contributed by atoms with van der Waals surface area (Å²) in [5.74, 6) is 1.67. The topological polar surface area (TPSA) is 101 Å². The number of fused-ring (bicyclic) bond motifs is 1. The van der Waals surface area contributed by atoms with E-state index in [1.165, 1.54) is 16.1 Å². The number of hydrogen-bond acceptors (Lipinski definition) is 7. The Morgan fingerprint density at radius 1 is 1.14 bits per heavy atom. The van der Waals surface area contributed by atoms with Gasteiger partial charge in [0.1, 0.15) is 5.75 Å². The number of sulfonamides is 1. The van der Waals surface area contributed by atoms with Crippen LogP contribution in [-0.2, 0) is 10.0 Å². The number of nitrogens with one attached hydrogen (secondary N) is 2. The Balaban J connectivity index is 1.52. The van der Waals surface area contributed by atoms with E-state index in [9.17, 15) is 8.42 Å². The second-order valence-electron chi connectivity index (χ2n) is 9.45. The highest BCUT2D eigenvalue weighted by Gasteiger charge is 2.21. The molecule has 2 aromatic carbocycles. The third kappa shape index (κ3) is 4.99. The van der Waals surface area contributed by atoms with Crippen LogP contribution in [0.3, 0.4) is 0 Å². The van der Waals surface area contributed by atoms with Crippen LogP contribution in [0.4, 0.5) is 17.3 Å². The molecule has 0 atom stereocenters. The van der Waals surface area contributed by atoms with E-state index in [0.717, 1.165) is 59.7 Å². The van der Waals surface area contributed by atoms with E-state index in [1.54, 1.807) is 30.9 Å². The van der Waals surface area contributed by atoms with Crippen molar-refractivity contribution in [2.24, 2.45) is 0 Å². The van der Waals surface area contributed by atoms with Crippen LogP contribution in [0.15, 0.2) is 54.7 Å². The molecule has 3 heterocycles. The summed E-state index contributed by atoms with van der Waals surface area (Å²) >= 11 is 0. The summed E-state index contributed by atoms with van der Waals surface area (Å²) in [5.41, 5.74) is 5.99. The van der Waals surface area contributed by atoms with E-state index < -0.39 is 10.0 Å². The molecular weight excluding hydrogens is 488 g/mol. The van der Waals surface area contributed by atoms with Crippen LogP contribution in [0.2, 0.25) is 0 Å². The van der Waals surface area contributed by atoms with Gasteiger partial charge in [-0.25, -0.2) is 17.9 Å². The second kappa shape index (κ2) is 10.0. The molecule has 2 aromatic heterocycles. The predicted octanol–water partition coefficient (Wildman–Crippen LogP) is 4.32. The summed E-state index contributed by atoms with van der Waals surface area (Å²) in [5, 5.41) is 11.5. The molecule has 1 saturated heterocycles. The van der Waals surface area contributed by atoms with Crippen molar-refractivity contribution in [3.63, 3.8) is 0 Å². The first kappa shape index (κ1) is 25.0. The number of rotatable bonds is 7. The van der Waals surface area contributed by atoms with Crippen LogP contribution in [-0.4, -0.2) is 56.5 Å². The molecule has 2 N–H and O–H groups in total. The molecule has 0 amide bonds. The van der Waals surface area contributed by atoms with Gasteiger partial charge in [-0.05, 0) is 74.2 Å². The maximum atomic E-state index is 12.3. The lowest BCUT2D eigenvalue weighted by Gasteiger charge is -2.24. The molecule has 0 radical (unpaired) electrons. The number of benzene rings is 2. The van der Waals surface area contributed by atoms with Crippen molar-refractivity contribution >= 4 is 32.9 Å². The number of para-hydroxylation sites is 1. The quantitative estimate of drug-likeness (QED) is 0.374. The number of aromatic nitrogens is 3. The Morgan fingerprint density at radius 3 is 2.62 bits per heavy atom. The zero-order chi connectivity index (χ0) is 26.2. The first-order valence-electron chi connectivity index (χ1n) is 12.3. The van der Waals surface area contributed by atoms with Crippen LogP contribution in [0.25, 0.3) is 16.8 Å². The Labute approximate surface area is 217 Å². The Kier molecular flexibility index (Phi) is 6.78. The molecular formula is C27H32N6O3S. The van der Waals surface area contributed by atoms with E-state index in [4.69, 9.17) is 9.84 Å². The van der Waals surface area contributed by atoms with Crippen molar-refractivity contribution in [3.05, 3.63) is 65.9 Å². The number of methoxy groups -OCH3 is 1. The Morgan fingerprint density at radius 2 is 1.89 bits per heavy atom. The fourth-order valence-corrected chi connectivity index (χ4v) is 5.39. The van der Waals surface area contributed by atoms with Gasteiger partial charge in [-0.15, -0.1) is 5.10 Å². The highest BCUT2D eigenvalue weighted by atomic mass is 32.2. The van der Waals surface area contributed by atoms with E-state index >= 15 is 0 Å². The average molecular weight is 521 g/mol. The van der Waals surface area contributed by atoms with E-state index in [0.29, 0.717) is 17.6 Å². The van der Waals surface area contributed by atoms with Crippen molar-refractivity contribution in [1.29, 1.82) is 0 Å². The third-order valence-electron chi connectivity index (χ3n) is 7.02. The number of hydrogen-bond donors (Lipinski definition) is 2. The molecule has 1 aliphatic heterocycles. The smallest absolute Gasteiger partial charge is 0.245 e. The summed E-state index contributed by atoms with van der Waals surface area (Å²) in [6, 6.07) is 15.7. The number of ether oxygens (including phenoxy) is 1. The average Bonchev–Trinajstić information content (AvgIpc) is 3.23. The summed E-state index contributed by atoms with van der Waals surface area (Å²) in [6.07, 6.45) is 5.19. The number of aryl methyl sites for hydroxylation is 1. The molecule has 194 valence electrons. The van der Waals surface area contributed by atoms with Crippen molar-refractivity contribution in [2.45, 2.75) is 25.7 Å². The van der Waals surface area contributed by atoms with Gasteiger partial charge in [0.2, 0.25) is 16.0 Å². The zero-order valence-electron chi connectivity index (χ0n) is 21.5. The van der Waals surface area contributed by atoms with Crippen molar-refractivity contribution in [2.75, 3.05) is 43.1 Å². The molecule has 0 bridgehead atoms. The van der Waals surface area contributed by atoms with Gasteiger partial charge in [-0.1, -0.05) is 24.3 Å². The minimum Gasteiger partial charge on any atom is -0.495 e. The second-order valence-corrected chi connectivity index (χ2v) is 11.5. The molecule has 9 nitrogen and oxygen atoms in total. The van der Waals surface area contributed by atoms with Gasteiger partial charge < -0.3 is 15.4 Å². The molecule has 0 spiro atoms. The van der Waals surface area contributed by atoms with Gasteiger partial charge in [-0.2, -0.15) is 0 Å². The molecule has 0 unspecified atom stereocenters. The standard InChI is InChI=1S/C27H32N6O3S/c1-18-15-24(21-7-5-6-8-23(21)32(2)37(4,34)35)33-25(18)17-29-27(31-33)30-22-10-9-20(16-26(22)36-3)19-11-13-28-14-12-19/h5-10,15-17,19,28H,11-14H2,1-4H3,(H,30,31). The molecule has 0 saturated carbocycles. The molecule has 0 aliphatic carbocycles. The van der Waals surface area contributed by atoms with Crippen LogP contribution in [0.1, 0.15) is 29.9 Å². The summed E-state index contributed by atoms with van der Waals surface area (Å²) in [4.78, 5) is 4.54. The molecule has 37 heavy (non-hydrogen) atoms. The van der Waals surface area contributed by atoms with Crippen LogP contribution in [0, 0.1) is 6.92 Å². The highest BCUT2D eigenvalue weighted by molar-refractivity contribution is 7.92. The summed E-state index contributed by atoms with van der Waals surface area (Å²) in [6.45, 7) is 4.05. The molecule has 5 rings (SSSR count). The molecule has 4 aromatic rings. The summed E-state index contributed by atoms with van der Waals surface area (Å²) in [7, 11) is -0.220. The van der Waals surface area contributed by atoms with Gasteiger partial charge in [0.25, 0.3) is 0 Å². The minimum absolute atomic E-state index is 0.409. The summed E-state index contributed by atoms with van der Waals surface area (Å²) < 4.78 is 33.4. The van der Waals surface area contributed by atoms with Gasteiger partial charge in [0.05, 0.1) is 42.1 Å². The van der Waals surface area contributed by atoms with Crippen molar-refractivity contribution in [1.82, 2.24) is 19.9 Å². The van der Waals surface area contributed by atoms with Crippen LogP contribution >= 0.6 is 0 Å². The maximum absolute atomic E-state index is 12.3. The lowest BCUT2D eigenvalue weighted by atomic mass is 9.90. The minimum atomic E-state index is -3.44. The maximum Gasteiger partial charge on any atom is 0.245 e. The lowest BCUT2D eigenvalue weighted by Crippen LogP contribution is -2.26. The number of anilines is 3. The highest BCUT2D eigenvalue weighted by Crippen LogP contribution is 2.35. The first-order valence-corrected chi connectivity index (χ1v) is 14.2. The molecule has 1 aliphatic rings. The van der Waals surface area contributed by atoms with Crippen LogP contribution < -0.4 is 19.7 Å². The Hall–Kier alpha value is -3.63. The normalized spacial score (nSPS) is 14.6. The van der Waals surface area contributed by atoms with Gasteiger partial charge in [0, 0.05) is 12.6 Å². The van der Waals surface area contributed by atoms with Gasteiger partial charge >= 0.3 is 0 Å². The van der Waals surface area contributed by atoms with E-state index in [2.05, 4.69) is 27.8 Å². The SMILES string of the molecule is COc1cc(C2CCNCC2)ccc1Nc1ncc2c(C)cc(-c3ccccc3N(C)S(C)(=O)=O)n2n1. The van der Waals surface area contributed by atoms with Gasteiger partial charge in [0.15, 0.2) is 0 Å². The fraction of sp³-hybridized carbons (Fsp3) is 0.333. The number of piperidine rings is 1. The van der Waals surface area contributed by atoms with E-state index in [-0.39, 0.29) is 0 Å². The van der Waals surface area contributed by atoms with Crippen molar-refractivity contribution in [3.8, 4) is 17.0 Å². The monoisotopic (exact) mass is 520 g/mol. The Bertz CT molecular complexity index is 1540. The van der Waals surface area contributed by atoms with Crippen LogP contribution in [0.5, 0.6) is 5.75 Å². The van der Waals surface area contributed by atoms with Gasteiger partial charge in [-0.3, -0.25) is 4.31 Å². The predicted molar refractivity (Wildman–Crippen MR) is 148 cm³/mol. The number of nitrogens with zero attached hydrogens (tertiary/aromatic N) is 4. The fourth-order valence-electron chi connectivity index (χ4n) is 4.88. The van der Waals surface area contributed by atoms with Crippen molar-refractivity contribution < 1.29 is 13.2 Å². The first-order chi connectivity index (χ1) is 17.8. The lowest BCUT2D eigenvalue weighted by molar-refractivity contribution is 0.413. The molecule has 1 fully saturated rings. The third-order valence-corrected chi connectivity index (χ3v) is 8.21.